The molecule has 1 atom stereocenters. The first-order valence-corrected chi connectivity index (χ1v) is 7.50. The quantitative estimate of drug-likeness (QED) is 0.574. The predicted molar refractivity (Wildman–Crippen MR) is 67.6 cm³/mol. The number of amides is 1. The van der Waals surface area contributed by atoms with Gasteiger partial charge in [-0.3, -0.25) is 9.59 Å². The van der Waals surface area contributed by atoms with Gasteiger partial charge in [-0.25, -0.2) is 0 Å². The molecule has 0 aromatic heterocycles. The summed E-state index contributed by atoms with van der Waals surface area (Å²) in [5.41, 5.74) is 0. The molecule has 9 heteroatoms. The van der Waals surface area contributed by atoms with E-state index in [1.807, 2.05) is 0 Å². The summed E-state index contributed by atoms with van der Waals surface area (Å²) in [6, 6.07) is -0.792. The van der Waals surface area contributed by atoms with Crippen molar-refractivity contribution in [2.45, 2.75) is 31.7 Å². The highest BCUT2D eigenvalue weighted by Crippen LogP contribution is 2.08. The lowest BCUT2D eigenvalue weighted by atomic mass is 10.1. The van der Waals surface area contributed by atoms with Crippen LogP contribution in [0.2, 0.25) is 0 Å². The van der Waals surface area contributed by atoms with E-state index in [1.165, 1.54) is 7.05 Å². The van der Waals surface area contributed by atoms with E-state index in [-0.39, 0.29) is 18.9 Å². The molecule has 0 aliphatic carbocycles. The third-order valence-corrected chi connectivity index (χ3v) is 4.46. The number of nitrogens with zero attached hydrogens (tertiary/aromatic N) is 1. The lowest BCUT2D eigenvalue weighted by molar-refractivity contribution is -0.137. The Morgan fingerprint density at radius 3 is 2.84 bits per heavy atom. The van der Waals surface area contributed by atoms with Crippen molar-refractivity contribution in [3.63, 3.8) is 0 Å². The Kier molecular flexibility index (Phi) is 5.70. The maximum atomic E-state index is 11.9. The molecule has 0 saturated carbocycles. The average Bonchev–Trinajstić information content (AvgIpc) is 2.51. The van der Waals surface area contributed by atoms with Crippen molar-refractivity contribution >= 4 is 22.1 Å². The molecule has 0 radical (unpaired) electrons. The molecule has 1 amide bonds. The average molecular weight is 293 g/mol. The molecule has 1 heterocycles. The number of carbonyl (C=O) groups is 2. The number of nitrogens with one attached hydrogen (secondary N) is 2. The Morgan fingerprint density at radius 1 is 1.53 bits per heavy atom. The van der Waals surface area contributed by atoms with Crippen LogP contribution in [0.3, 0.4) is 0 Å². The van der Waals surface area contributed by atoms with Crippen LogP contribution in [0.15, 0.2) is 0 Å². The van der Waals surface area contributed by atoms with Crippen molar-refractivity contribution < 1.29 is 23.1 Å². The van der Waals surface area contributed by atoms with Gasteiger partial charge in [-0.2, -0.15) is 17.4 Å². The Hall–Kier alpha value is -1.19. The minimum atomic E-state index is -3.85. The van der Waals surface area contributed by atoms with Crippen molar-refractivity contribution in [3.8, 4) is 0 Å². The van der Waals surface area contributed by atoms with Gasteiger partial charge < -0.3 is 10.4 Å². The summed E-state index contributed by atoms with van der Waals surface area (Å²) in [5.74, 6) is -1.41. The van der Waals surface area contributed by atoms with E-state index < -0.39 is 22.2 Å². The van der Waals surface area contributed by atoms with Crippen LogP contribution < -0.4 is 10.0 Å². The maximum Gasteiger partial charge on any atom is 0.304 e. The number of carbonyl (C=O) groups excluding carboxylic acids is 1. The van der Waals surface area contributed by atoms with Gasteiger partial charge >= 0.3 is 5.97 Å². The molecule has 0 aromatic carbocycles. The summed E-state index contributed by atoms with van der Waals surface area (Å²) in [6.45, 7) is 0.408. The topological polar surface area (TPSA) is 116 Å². The maximum absolute atomic E-state index is 11.9. The molecule has 1 aliphatic rings. The van der Waals surface area contributed by atoms with Crippen LogP contribution in [-0.4, -0.2) is 55.9 Å². The fourth-order valence-corrected chi connectivity index (χ4v) is 2.79. The molecule has 3 N–H and O–H groups in total. The highest BCUT2D eigenvalue weighted by atomic mass is 32.2. The summed E-state index contributed by atoms with van der Waals surface area (Å²) in [7, 11) is -2.57. The van der Waals surface area contributed by atoms with Crippen LogP contribution >= 0.6 is 0 Å². The molecule has 0 bridgehead atoms. The highest BCUT2D eigenvalue weighted by Gasteiger charge is 2.28. The Morgan fingerprint density at radius 2 is 2.21 bits per heavy atom. The van der Waals surface area contributed by atoms with Crippen LogP contribution in [-0.2, 0) is 19.8 Å². The fourth-order valence-electron chi connectivity index (χ4n) is 1.69. The van der Waals surface area contributed by atoms with Crippen LogP contribution in [0.5, 0.6) is 0 Å². The molecule has 1 unspecified atom stereocenters. The largest absolute Gasteiger partial charge is 0.481 e. The van der Waals surface area contributed by atoms with Crippen LogP contribution in [0.1, 0.15) is 25.7 Å². The second-order valence-corrected chi connectivity index (χ2v) is 6.24. The molecule has 0 aromatic rings. The standard InChI is InChI=1S/C10H19N3O5S/c1-13(7-5-9(14)15)19(17,18)12-8-4-2-3-6-11-10(8)16/h8,12H,2-7H2,1H3,(H,11,16)(H,14,15). The smallest absolute Gasteiger partial charge is 0.304 e. The molecule has 1 rings (SSSR count). The number of aliphatic carboxylic acids is 1. The van der Waals surface area contributed by atoms with E-state index in [9.17, 15) is 18.0 Å². The monoisotopic (exact) mass is 293 g/mol. The third-order valence-electron chi connectivity index (χ3n) is 2.88. The van der Waals surface area contributed by atoms with Gasteiger partial charge in [0.25, 0.3) is 10.2 Å². The SMILES string of the molecule is CN(CCC(=O)O)S(=O)(=O)NC1CCCCNC1=O. The molecule has 1 saturated heterocycles. The normalized spacial score (nSPS) is 20.9. The van der Waals surface area contributed by atoms with Crippen molar-refractivity contribution in [2.24, 2.45) is 0 Å². The van der Waals surface area contributed by atoms with Crippen LogP contribution in [0.25, 0.3) is 0 Å². The van der Waals surface area contributed by atoms with Crippen LogP contribution in [0, 0.1) is 0 Å². The molecule has 1 fully saturated rings. The van der Waals surface area contributed by atoms with Gasteiger partial charge in [0, 0.05) is 20.1 Å². The Bertz CT molecular complexity index is 436. The summed E-state index contributed by atoms with van der Waals surface area (Å²) in [4.78, 5) is 22.0. The number of carboxylic acid groups (broad SMARTS) is 1. The highest BCUT2D eigenvalue weighted by molar-refractivity contribution is 7.87. The first kappa shape index (κ1) is 15.9. The summed E-state index contributed by atoms with van der Waals surface area (Å²) in [6.07, 6.45) is 1.73. The van der Waals surface area contributed by atoms with E-state index in [4.69, 9.17) is 5.11 Å². The van der Waals surface area contributed by atoms with E-state index in [0.29, 0.717) is 13.0 Å². The van der Waals surface area contributed by atoms with Gasteiger partial charge in [0.1, 0.15) is 6.04 Å². The Balaban J connectivity index is 2.61. The molecular formula is C10H19N3O5S. The van der Waals surface area contributed by atoms with Gasteiger partial charge in [-0.05, 0) is 19.3 Å². The second kappa shape index (κ2) is 6.83. The second-order valence-electron chi connectivity index (χ2n) is 4.43. The van der Waals surface area contributed by atoms with Gasteiger partial charge in [0.2, 0.25) is 5.91 Å². The fraction of sp³-hybridized carbons (Fsp3) is 0.800. The zero-order valence-corrected chi connectivity index (χ0v) is 11.6. The summed E-state index contributed by atoms with van der Waals surface area (Å²) >= 11 is 0. The van der Waals surface area contributed by atoms with Crippen LogP contribution in [0.4, 0.5) is 0 Å². The number of hydrogen-bond donors (Lipinski definition) is 3. The van der Waals surface area contributed by atoms with Gasteiger partial charge in [0.05, 0.1) is 6.42 Å². The van der Waals surface area contributed by atoms with Gasteiger partial charge in [-0.1, -0.05) is 0 Å². The van der Waals surface area contributed by atoms with E-state index in [1.54, 1.807) is 0 Å². The van der Waals surface area contributed by atoms with Crippen molar-refractivity contribution in [3.05, 3.63) is 0 Å². The zero-order valence-electron chi connectivity index (χ0n) is 10.8. The van der Waals surface area contributed by atoms with Crippen molar-refractivity contribution in [1.29, 1.82) is 0 Å². The van der Waals surface area contributed by atoms with Crippen molar-refractivity contribution in [1.82, 2.24) is 14.3 Å². The minimum Gasteiger partial charge on any atom is -0.481 e. The summed E-state index contributed by atoms with van der Waals surface area (Å²) in [5, 5.41) is 11.2. The van der Waals surface area contributed by atoms with Gasteiger partial charge in [0.15, 0.2) is 0 Å². The van der Waals surface area contributed by atoms with E-state index in [2.05, 4.69) is 10.0 Å². The van der Waals surface area contributed by atoms with Gasteiger partial charge in [-0.15, -0.1) is 0 Å². The molecule has 19 heavy (non-hydrogen) atoms. The minimum absolute atomic E-state index is 0.140. The lowest BCUT2D eigenvalue weighted by Gasteiger charge is -2.21. The number of hydrogen-bond acceptors (Lipinski definition) is 4. The van der Waals surface area contributed by atoms with Crippen molar-refractivity contribution in [2.75, 3.05) is 20.1 Å². The molecule has 1 aliphatic heterocycles. The molecule has 0 spiro atoms. The first-order valence-electron chi connectivity index (χ1n) is 6.06. The zero-order chi connectivity index (χ0) is 14.5. The molecule has 8 nitrogen and oxygen atoms in total. The predicted octanol–water partition coefficient (Wildman–Crippen LogP) is -1.10. The Labute approximate surface area is 112 Å². The number of rotatable bonds is 6. The third kappa shape index (κ3) is 5.13. The summed E-state index contributed by atoms with van der Waals surface area (Å²) < 4.78 is 27.0. The van der Waals surface area contributed by atoms with E-state index in [0.717, 1.165) is 17.1 Å². The first-order chi connectivity index (χ1) is 8.83. The lowest BCUT2D eigenvalue weighted by Crippen LogP contribution is -2.50. The molecule has 110 valence electrons. The number of carboxylic acids is 1. The van der Waals surface area contributed by atoms with E-state index >= 15 is 0 Å². The molecular weight excluding hydrogens is 274 g/mol.